The van der Waals surface area contributed by atoms with E-state index >= 15 is 0 Å². The summed E-state index contributed by atoms with van der Waals surface area (Å²) in [4.78, 5) is 11.5. The average Bonchev–Trinajstić information content (AvgIpc) is 2.42. The number of ether oxygens (including phenoxy) is 1. The van der Waals surface area contributed by atoms with Gasteiger partial charge < -0.3 is 14.9 Å². The molecule has 0 fully saturated rings. The van der Waals surface area contributed by atoms with Crippen molar-refractivity contribution < 1.29 is 19.7 Å². The van der Waals surface area contributed by atoms with Gasteiger partial charge >= 0.3 is 5.97 Å². The van der Waals surface area contributed by atoms with Crippen LogP contribution in [-0.2, 0) is 11.2 Å². The van der Waals surface area contributed by atoms with Gasteiger partial charge in [-0.3, -0.25) is 0 Å². The van der Waals surface area contributed by atoms with Crippen molar-refractivity contribution in [2.24, 2.45) is 0 Å². The lowest BCUT2D eigenvalue weighted by atomic mass is 9.96. The van der Waals surface area contributed by atoms with Gasteiger partial charge in [-0.2, -0.15) is 0 Å². The van der Waals surface area contributed by atoms with E-state index in [4.69, 9.17) is 4.74 Å². The van der Waals surface area contributed by atoms with Crippen LogP contribution in [0.15, 0.2) is 54.6 Å². The SMILES string of the molecule is C[C@@](Cc1ccc(O)cc1)(Oc1ccccc1)C(=O)O. The summed E-state index contributed by atoms with van der Waals surface area (Å²) in [6.45, 7) is 1.54. The molecule has 104 valence electrons. The van der Waals surface area contributed by atoms with Crippen molar-refractivity contribution in [3.8, 4) is 11.5 Å². The number of hydrogen-bond donors (Lipinski definition) is 2. The van der Waals surface area contributed by atoms with Gasteiger partial charge in [-0.05, 0) is 36.8 Å². The van der Waals surface area contributed by atoms with E-state index < -0.39 is 11.6 Å². The topological polar surface area (TPSA) is 66.8 Å². The highest BCUT2D eigenvalue weighted by atomic mass is 16.5. The zero-order chi connectivity index (χ0) is 14.6. The molecule has 2 N–H and O–H groups in total. The van der Waals surface area contributed by atoms with Gasteiger partial charge in [0.2, 0.25) is 5.60 Å². The number of phenols is 1. The van der Waals surface area contributed by atoms with Gasteiger partial charge in [0.05, 0.1) is 0 Å². The zero-order valence-corrected chi connectivity index (χ0v) is 11.1. The van der Waals surface area contributed by atoms with E-state index in [1.54, 1.807) is 36.4 Å². The van der Waals surface area contributed by atoms with E-state index in [1.165, 1.54) is 19.1 Å². The first-order chi connectivity index (χ1) is 9.49. The van der Waals surface area contributed by atoms with Crippen LogP contribution in [0.2, 0.25) is 0 Å². The van der Waals surface area contributed by atoms with Crippen LogP contribution >= 0.6 is 0 Å². The van der Waals surface area contributed by atoms with Gasteiger partial charge in [0, 0.05) is 6.42 Å². The summed E-state index contributed by atoms with van der Waals surface area (Å²) < 4.78 is 5.64. The molecule has 0 saturated heterocycles. The minimum Gasteiger partial charge on any atom is -0.508 e. The molecule has 4 nitrogen and oxygen atoms in total. The summed E-state index contributed by atoms with van der Waals surface area (Å²) in [7, 11) is 0. The number of carboxylic acids is 1. The van der Waals surface area contributed by atoms with Crippen LogP contribution < -0.4 is 4.74 Å². The van der Waals surface area contributed by atoms with Crippen molar-refractivity contribution in [1.29, 1.82) is 0 Å². The average molecular weight is 272 g/mol. The van der Waals surface area contributed by atoms with Gasteiger partial charge in [-0.15, -0.1) is 0 Å². The molecule has 4 heteroatoms. The number of aliphatic carboxylic acids is 1. The van der Waals surface area contributed by atoms with Crippen molar-refractivity contribution in [3.63, 3.8) is 0 Å². The second kappa shape index (κ2) is 5.65. The Morgan fingerprint density at radius 1 is 1.10 bits per heavy atom. The van der Waals surface area contributed by atoms with Crippen LogP contribution in [0.5, 0.6) is 11.5 Å². The largest absolute Gasteiger partial charge is 0.508 e. The van der Waals surface area contributed by atoms with Gasteiger partial charge in [-0.1, -0.05) is 30.3 Å². The maximum absolute atomic E-state index is 11.5. The first-order valence-corrected chi connectivity index (χ1v) is 6.25. The number of carboxylic acid groups (broad SMARTS) is 1. The number of phenolic OH excluding ortho intramolecular Hbond substituents is 1. The number of rotatable bonds is 5. The van der Waals surface area contributed by atoms with E-state index in [1.807, 2.05) is 6.07 Å². The smallest absolute Gasteiger partial charge is 0.348 e. The van der Waals surface area contributed by atoms with Crippen LogP contribution in [0.1, 0.15) is 12.5 Å². The summed E-state index contributed by atoms with van der Waals surface area (Å²) in [6, 6.07) is 15.3. The van der Waals surface area contributed by atoms with E-state index in [9.17, 15) is 15.0 Å². The number of hydrogen-bond acceptors (Lipinski definition) is 3. The maximum atomic E-state index is 11.5. The first-order valence-electron chi connectivity index (χ1n) is 6.25. The second-order valence-corrected chi connectivity index (χ2v) is 4.79. The first kappa shape index (κ1) is 13.9. The number of carbonyl (C=O) groups is 1. The van der Waals surface area contributed by atoms with Gasteiger partial charge in [-0.25, -0.2) is 4.79 Å². The molecular formula is C16H16O4. The van der Waals surface area contributed by atoms with Gasteiger partial charge in [0.25, 0.3) is 0 Å². The molecule has 0 amide bonds. The highest BCUT2D eigenvalue weighted by Gasteiger charge is 2.35. The van der Waals surface area contributed by atoms with Crippen LogP contribution in [0.4, 0.5) is 0 Å². The normalized spacial score (nSPS) is 13.4. The Kier molecular flexibility index (Phi) is 3.94. The van der Waals surface area contributed by atoms with Crippen molar-refractivity contribution in [2.75, 3.05) is 0 Å². The van der Waals surface area contributed by atoms with E-state index in [-0.39, 0.29) is 12.2 Å². The molecule has 0 aliphatic carbocycles. The fraction of sp³-hybridized carbons (Fsp3) is 0.188. The molecule has 0 spiro atoms. The van der Waals surface area contributed by atoms with E-state index in [0.717, 1.165) is 5.56 Å². The Balaban J connectivity index is 2.21. The lowest BCUT2D eigenvalue weighted by molar-refractivity contribution is -0.153. The molecule has 0 aliphatic rings. The minimum atomic E-state index is -1.36. The highest BCUT2D eigenvalue weighted by molar-refractivity contribution is 5.78. The molecule has 0 radical (unpaired) electrons. The summed E-state index contributed by atoms with van der Waals surface area (Å²) in [5.41, 5.74) is -0.582. The van der Waals surface area contributed by atoms with E-state index in [0.29, 0.717) is 5.75 Å². The summed E-state index contributed by atoms with van der Waals surface area (Å²) in [5.74, 6) is -0.375. The third kappa shape index (κ3) is 3.29. The molecule has 0 aromatic heterocycles. The van der Waals surface area contributed by atoms with Gasteiger partial charge in [0.1, 0.15) is 11.5 Å². The molecule has 0 unspecified atom stereocenters. The van der Waals surface area contributed by atoms with Crippen LogP contribution in [0.3, 0.4) is 0 Å². The van der Waals surface area contributed by atoms with Crippen molar-refractivity contribution in [1.82, 2.24) is 0 Å². The zero-order valence-electron chi connectivity index (χ0n) is 11.1. The van der Waals surface area contributed by atoms with Crippen molar-refractivity contribution in [2.45, 2.75) is 18.9 Å². The molecule has 0 saturated carbocycles. The molecule has 2 aromatic rings. The fourth-order valence-corrected chi connectivity index (χ4v) is 1.91. The van der Waals surface area contributed by atoms with Gasteiger partial charge in [0.15, 0.2) is 0 Å². The number of aromatic hydroxyl groups is 1. The lowest BCUT2D eigenvalue weighted by Gasteiger charge is -2.26. The van der Waals surface area contributed by atoms with Crippen molar-refractivity contribution >= 4 is 5.97 Å². The Bertz CT molecular complexity index is 577. The Hall–Kier alpha value is -2.49. The molecule has 0 aliphatic heterocycles. The third-order valence-corrected chi connectivity index (χ3v) is 3.02. The Labute approximate surface area is 117 Å². The predicted molar refractivity (Wildman–Crippen MR) is 74.9 cm³/mol. The van der Waals surface area contributed by atoms with Crippen LogP contribution in [-0.4, -0.2) is 21.8 Å². The van der Waals surface area contributed by atoms with Crippen LogP contribution in [0, 0.1) is 0 Å². The molecule has 0 bridgehead atoms. The molecule has 0 heterocycles. The van der Waals surface area contributed by atoms with E-state index in [2.05, 4.69) is 0 Å². The Morgan fingerprint density at radius 2 is 1.70 bits per heavy atom. The summed E-state index contributed by atoms with van der Waals surface area (Å²) in [6.07, 6.45) is 0.206. The fourth-order valence-electron chi connectivity index (χ4n) is 1.91. The lowest BCUT2D eigenvalue weighted by Crippen LogP contribution is -2.43. The van der Waals surface area contributed by atoms with Crippen molar-refractivity contribution in [3.05, 3.63) is 60.2 Å². The Morgan fingerprint density at radius 3 is 2.25 bits per heavy atom. The number of benzene rings is 2. The quantitative estimate of drug-likeness (QED) is 0.878. The highest BCUT2D eigenvalue weighted by Crippen LogP contribution is 2.23. The number of para-hydroxylation sites is 1. The molecule has 20 heavy (non-hydrogen) atoms. The van der Waals surface area contributed by atoms with Crippen LogP contribution in [0.25, 0.3) is 0 Å². The molecular weight excluding hydrogens is 256 g/mol. The maximum Gasteiger partial charge on any atom is 0.348 e. The molecule has 1 atom stereocenters. The summed E-state index contributed by atoms with van der Waals surface area (Å²) >= 11 is 0. The predicted octanol–water partition coefficient (Wildman–Crippen LogP) is 2.86. The molecule has 2 aromatic carbocycles. The minimum absolute atomic E-state index is 0.148. The second-order valence-electron chi connectivity index (χ2n) is 4.79. The standard InChI is InChI=1S/C16H16O4/c1-16(15(18)19,20-14-5-3-2-4-6-14)11-12-7-9-13(17)10-8-12/h2-10,17H,11H2,1H3,(H,18,19)/t16-/m0/s1. The summed E-state index contributed by atoms with van der Waals surface area (Å²) in [5, 5.41) is 18.7. The monoisotopic (exact) mass is 272 g/mol. The third-order valence-electron chi connectivity index (χ3n) is 3.02. The molecule has 2 rings (SSSR count).